The lowest BCUT2D eigenvalue weighted by Gasteiger charge is -2.43. The second kappa shape index (κ2) is 8.01. The van der Waals surface area contributed by atoms with Crippen LogP contribution in [0.3, 0.4) is 0 Å². The third-order valence-corrected chi connectivity index (χ3v) is 6.25. The van der Waals surface area contributed by atoms with Gasteiger partial charge in [0.15, 0.2) is 0 Å². The highest BCUT2D eigenvalue weighted by atomic mass is 16.2. The number of piperazine rings is 1. The molecule has 0 radical (unpaired) electrons. The third-order valence-electron chi connectivity index (χ3n) is 6.25. The zero-order valence-corrected chi connectivity index (χ0v) is 16.3. The van der Waals surface area contributed by atoms with Crippen molar-refractivity contribution in [2.75, 3.05) is 32.7 Å². The number of carbonyl (C=O) groups is 2. The molecule has 4 rings (SSSR count). The molecule has 2 unspecified atom stereocenters. The fraction of sp³-hybridized carbons (Fsp3) is 0.636. The van der Waals surface area contributed by atoms with E-state index in [1.807, 2.05) is 11.0 Å². The molecule has 0 N–H and O–H groups in total. The Hall–Kier alpha value is -1.88. The number of carbonyl (C=O) groups excluding carboxylic acids is 2. The first-order valence-corrected chi connectivity index (χ1v) is 10.5. The summed E-state index contributed by atoms with van der Waals surface area (Å²) in [4.78, 5) is 32.0. The van der Waals surface area contributed by atoms with Crippen LogP contribution in [0.25, 0.3) is 0 Å². The van der Waals surface area contributed by atoms with Gasteiger partial charge < -0.3 is 9.80 Å². The van der Waals surface area contributed by atoms with Gasteiger partial charge in [0.05, 0.1) is 5.92 Å². The highest BCUT2D eigenvalue weighted by molar-refractivity contribution is 5.83. The van der Waals surface area contributed by atoms with Crippen molar-refractivity contribution in [3.63, 3.8) is 0 Å². The van der Waals surface area contributed by atoms with E-state index in [4.69, 9.17) is 0 Å². The molecule has 146 valence electrons. The van der Waals surface area contributed by atoms with Gasteiger partial charge in [-0.2, -0.15) is 0 Å². The molecule has 2 amide bonds. The first-order valence-electron chi connectivity index (χ1n) is 10.5. The quantitative estimate of drug-likeness (QED) is 0.818. The Morgan fingerprint density at radius 3 is 2.41 bits per heavy atom. The maximum Gasteiger partial charge on any atom is 0.227 e. The number of hydrogen-bond donors (Lipinski definition) is 0. The van der Waals surface area contributed by atoms with Crippen LogP contribution in [0.15, 0.2) is 30.3 Å². The Morgan fingerprint density at radius 1 is 0.926 bits per heavy atom. The monoisotopic (exact) mass is 369 g/mol. The zero-order chi connectivity index (χ0) is 18.8. The lowest BCUT2D eigenvalue weighted by Crippen LogP contribution is -2.56. The van der Waals surface area contributed by atoms with E-state index in [9.17, 15) is 9.59 Å². The van der Waals surface area contributed by atoms with Crippen molar-refractivity contribution in [1.29, 1.82) is 0 Å². The van der Waals surface area contributed by atoms with Gasteiger partial charge in [-0.15, -0.1) is 0 Å². The first kappa shape index (κ1) is 18.5. The minimum absolute atomic E-state index is 0.00965. The average molecular weight is 370 g/mol. The maximum absolute atomic E-state index is 13.2. The maximum atomic E-state index is 13.2. The summed E-state index contributed by atoms with van der Waals surface area (Å²) in [6, 6.07) is 10.8. The van der Waals surface area contributed by atoms with E-state index < -0.39 is 0 Å². The number of rotatable bonds is 4. The summed E-state index contributed by atoms with van der Waals surface area (Å²) in [7, 11) is 0. The molecule has 1 aliphatic carbocycles. The van der Waals surface area contributed by atoms with Gasteiger partial charge in [-0.25, -0.2) is 0 Å². The molecular formula is C22H31N3O2. The Bertz CT molecular complexity index is 673. The van der Waals surface area contributed by atoms with Crippen molar-refractivity contribution in [3.05, 3.63) is 35.9 Å². The average Bonchev–Trinajstić information content (AvgIpc) is 3.53. The number of nitrogens with zero attached hydrogens (tertiary/aromatic N) is 3. The minimum atomic E-state index is -0.00965. The first-order chi connectivity index (χ1) is 13.1. The molecule has 1 aromatic rings. The van der Waals surface area contributed by atoms with Crippen LogP contribution in [-0.2, 0) is 16.1 Å². The van der Waals surface area contributed by atoms with E-state index in [1.54, 1.807) is 0 Å². The second-order valence-electron chi connectivity index (χ2n) is 8.50. The zero-order valence-electron chi connectivity index (χ0n) is 16.3. The van der Waals surface area contributed by atoms with E-state index in [-0.39, 0.29) is 29.7 Å². The molecule has 1 saturated carbocycles. The minimum Gasteiger partial charge on any atom is -0.342 e. The fourth-order valence-electron chi connectivity index (χ4n) is 4.55. The van der Waals surface area contributed by atoms with Crippen molar-refractivity contribution in [1.82, 2.24) is 14.7 Å². The van der Waals surface area contributed by atoms with Crippen molar-refractivity contribution >= 4 is 11.8 Å². The number of amides is 2. The molecule has 2 heterocycles. The summed E-state index contributed by atoms with van der Waals surface area (Å²) >= 11 is 0. The summed E-state index contributed by atoms with van der Waals surface area (Å²) in [5, 5.41) is 0. The van der Waals surface area contributed by atoms with Gasteiger partial charge in [0.2, 0.25) is 11.8 Å². The van der Waals surface area contributed by atoms with Crippen molar-refractivity contribution in [2.45, 2.75) is 45.2 Å². The molecule has 3 fully saturated rings. The number of piperidine rings is 1. The van der Waals surface area contributed by atoms with Gasteiger partial charge in [0, 0.05) is 51.2 Å². The van der Waals surface area contributed by atoms with Crippen molar-refractivity contribution in [2.24, 2.45) is 11.8 Å². The predicted octanol–water partition coefficient (Wildman–Crippen LogP) is 2.37. The van der Waals surface area contributed by atoms with E-state index >= 15 is 0 Å². The predicted molar refractivity (Wildman–Crippen MR) is 105 cm³/mol. The van der Waals surface area contributed by atoms with Crippen LogP contribution in [0.1, 0.15) is 38.2 Å². The number of benzene rings is 1. The van der Waals surface area contributed by atoms with Crippen LogP contribution in [-0.4, -0.2) is 65.3 Å². The molecule has 3 aliphatic rings. The lowest BCUT2D eigenvalue weighted by molar-refractivity contribution is -0.144. The van der Waals surface area contributed by atoms with Crippen LogP contribution in [0.5, 0.6) is 0 Å². The fourth-order valence-corrected chi connectivity index (χ4v) is 4.55. The normalized spacial score (nSPS) is 26.9. The molecule has 2 aliphatic heterocycles. The largest absolute Gasteiger partial charge is 0.342 e. The second-order valence-corrected chi connectivity index (χ2v) is 8.50. The molecule has 0 spiro atoms. The Balaban J connectivity index is 1.32. The summed E-state index contributed by atoms with van der Waals surface area (Å²) in [5.74, 6) is 0.785. The molecule has 2 atom stereocenters. The van der Waals surface area contributed by atoms with Crippen molar-refractivity contribution in [3.8, 4) is 0 Å². The molecule has 0 bridgehead atoms. The van der Waals surface area contributed by atoms with Crippen LogP contribution >= 0.6 is 0 Å². The Labute approximate surface area is 162 Å². The van der Waals surface area contributed by atoms with E-state index in [0.717, 1.165) is 58.4 Å². The van der Waals surface area contributed by atoms with Gasteiger partial charge in [0.25, 0.3) is 0 Å². The summed E-state index contributed by atoms with van der Waals surface area (Å²) in [6.07, 6.45) is 3.95. The summed E-state index contributed by atoms with van der Waals surface area (Å²) < 4.78 is 0. The summed E-state index contributed by atoms with van der Waals surface area (Å²) in [6.45, 7) is 7.19. The van der Waals surface area contributed by atoms with E-state index in [0.29, 0.717) is 6.54 Å². The third kappa shape index (κ3) is 4.34. The molecule has 5 heteroatoms. The van der Waals surface area contributed by atoms with Gasteiger partial charge in [-0.3, -0.25) is 14.5 Å². The Kier molecular flexibility index (Phi) is 5.48. The van der Waals surface area contributed by atoms with Crippen LogP contribution < -0.4 is 0 Å². The molecule has 27 heavy (non-hydrogen) atoms. The van der Waals surface area contributed by atoms with Crippen LogP contribution in [0.4, 0.5) is 0 Å². The van der Waals surface area contributed by atoms with Crippen molar-refractivity contribution < 1.29 is 9.59 Å². The standard InChI is InChI=1S/C22H31N3O2/c1-17-14-23(15-18-6-3-2-4-7-18)12-13-25(17)22(27)20-8-5-11-24(16-20)21(26)19-9-10-19/h2-4,6-7,17,19-20H,5,8-16H2,1H3. The molecule has 2 saturated heterocycles. The number of likely N-dealkylation sites (tertiary alicyclic amines) is 1. The topological polar surface area (TPSA) is 43.9 Å². The van der Waals surface area contributed by atoms with Crippen LogP contribution in [0, 0.1) is 11.8 Å². The smallest absolute Gasteiger partial charge is 0.227 e. The highest BCUT2D eigenvalue weighted by Crippen LogP contribution is 2.33. The number of hydrogen-bond acceptors (Lipinski definition) is 3. The van der Waals surface area contributed by atoms with E-state index in [2.05, 4.69) is 41.0 Å². The SMILES string of the molecule is CC1CN(Cc2ccccc2)CCN1C(=O)C1CCCN(C(=O)C2CC2)C1. The van der Waals surface area contributed by atoms with E-state index in [1.165, 1.54) is 5.56 Å². The van der Waals surface area contributed by atoms with Gasteiger partial charge in [0.1, 0.15) is 0 Å². The van der Waals surface area contributed by atoms with Gasteiger partial charge in [-0.1, -0.05) is 30.3 Å². The van der Waals surface area contributed by atoms with Gasteiger partial charge in [-0.05, 0) is 38.2 Å². The van der Waals surface area contributed by atoms with Crippen LogP contribution in [0.2, 0.25) is 0 Å². The molecular weight excluding hydrogens is 338 g/mol. The lowest BCUT2D eigenvalue weighted by atomic mass is 9.95. The highest BCUT2D eigenvalue weighted by Gasteiger charge is 2.38. The van der Waals surface area contributed by atoms with Gasteiger partial charge >= 0.3 is 0 Å². The molecule has 1 aromatic carbocycles. The molecule has 0 aromatic heterocycles. The Morgan fingerprint density at radius 2 is 1.70 bits per heavy atom. The summed E-state index contributed by atoms with van der Waals surface area (Å²) in [5.41, 5.74) is 1.32. The molecule has 5 nitrogen and oxygen atoms in total.